The van der Waals surface area contributed by atoms with E-state index >= 15 is 0 Å². The van der Waals surface area contributed by atoms with E-state index in [4.69, 9.17) is 0 Å². The van der Waals surface area contributed by atoms with E-state index in [0.717, 1.165) is 22.1 Å². The molecule has 0 radical (unpaired) electrons. The van der Waals surface area contributed by atoms with Gasteiger partial charge in [-0.2, -0.15) is 0 Å². The van der Waals surface area contributed by atoms with Gasteiger partial charge in [-0.3, -0.25) is 14.3 Å². The van der Waals surface area contributed by atoms with Crippen LogP contribution in [0.25, 0.3) is 11.4 Å². The number of hydrogen-bond donors (Lipinski definition) is 0. The van der Waals surface area contributed by atoms with Crippen LogP contribution in [-0.4, -0.2) is 31.3 Å². The summed E-state index contributed by atoms with van der Waals surface area (Å²) < 4.78 is 2.05. The van der Waals surface area contributed by atoms with Crippen molar-refractivity contribution in [3.63, 3.8) is 0 Å². The molecule has 0 fully saturated rings. The Labute approximate surface area is 145 Å². The van der Waals surface area contributed by atoms with Crippen molar-refractivity contribution in [2.45, 2.75) is 25.0 Å². The molecule has 0 saturated carbocycles. The standard InChI is InChI=1S/C18H18N4OS/c1-2-16(23)13-24-18-21-20-17(15-8-10-19-11-9-15)22(18)12-14-6-4-3-5-7-14/h3-11H,2,12-13H2,1H3. The molecule has 3 aromatic rings. The molecule has 0 aliphatic carbocycles. The molecule has 5 nitrogen and oxygen atoms in total. The zero-order chi connectivity index (χ0) is 16.8. The van der Waals surface area contributed by atoms with Crippen molar-refractivity contribution in [2.75, 3.05) is 5.75 Å². The van der Waals surface area contributed by atoms with Crippen molar-refractivity contribution in [3.8, 4) is 11.4 Å². The van der Waals surface area contributed by atoms with Crippen molar-refractivity contribution in [1.82, 2.24) is 19.7 Å². The Kier molecular flexibility index (Phi) is 5.38. The van der Waals surface area contributed by atoms with Crippen LogP contribution in [0.1, 0.15) is 18.9 Å². The van der Waals surface area contributed by atoms with E-state index in [9.17, 15) is 4.79 Å². The van der Waals surface area contributed by atoms with Crippen LogP contribution in [0, 0.1) is 0 Å². The van der Waals surface area contributed by atoms with Crippen LogP contribution in [0.5, 0.6) is 0 Å². The number of carbonyl (C=O) groups excluding carboxylic acids is 1. The van der Waals surface area contributed by atoms with Gasteiger partial charge in [0.25, 0.3) is 0 Å². The number of aromatic nitrogens is 4. The number of Topliss-reactive ketones (excluding diaryl/α,β-unsaturated/α-hetero) is 1. The summed E-state index contributed by atoms with van der Waals surface area (Å²) in [5, 5.41) is 9.39. The average Bonchev–Trinajstić information content (AvgIpc) is 3.04. The largest absolute Gasteiger partial charge is 0.299 e. The lowest BCUT2D eigenvalue weighted by atomic mass is 10.2. The second-order valence-electron chi connectivity index (χ2n) is 5.29. The highest BCUT2D eigenvalue weighted by Crippen LogP contribution is 2.25. The predicted octanol–water partition coefficient (Wildman–Crippen LogP) is 3.46. The number of rotatable bonds is 7. The molecule has 0 unspecified atom stereocenters. The highest BCUT2D eigenvalue weighted by Gasteiger charge is 2.15. The molecule has 2 aromatic heterocycles. The topological polar surface area (TPSA) is 60.7 Å². The van der Waals surface area contributed by atoms with Gasteiger partial charge in [-0.05, 0) is 17.7 Å². The van der Waals surface area contributed by atoms with Gasteiger partial charge in [-0.15, -0.1) is 10.2 Å². The van der Waals surface area contributed by atoms with Crippen LogP contribution in [0.15, 0.2) is 60.0 Å². The third kappa shape index (κ3) is 3.89. The van der Waals surface area contributed by atoms with Crippen LogP contribution in [0.2, 0.25) is 0 Å². The van der Waals surface area contributed by atoms with Crippen molar-refractivity contribution < 1.29 is 4.79 Å². The fraction of sp³-hybridized carbons (Fsp3) is 0.222. The van der Waals surface area contributed by atoms with Crippen LogP contribution in [0.3, 0.4) is 0 Å². The first-order chi connectivity index (χ1) is 11.8. The molecule has 0 aliphatic rings. The third-order valence-corrected chi connectivity index (χ3v) is 4.62. The van der Waals surface area contributed by atoms with Gasteiger partial charge in [0.1, 0.15) is 5.78 Å². The fourth-order valence-electron chi connectivity index (χ4n) is 2.27. The molecule has 6 heteroatoms. The number of thioether (sulfide) groups is 1. The number of hydrogen-bond acceptors (Lipinski definition) is 5. The maximum Gasteiger partial charge on any atom is 0.192 e. The van der Waals surface area contributed by atoms with Crippen LogP contribution < -0.4 is 0 Å². The number of ketones is 1. The molecule has 0 bridgehead atoms. The Morgan fingerprint density at radius 3 is 2.54 bits per heavy atom. The van der Waals surface area contributed by atoms with E-state index in [1.54, 1.807) is 12.4 Å². The monoisotopic (exact) mass is 338 g/mol. The maximum absolute atomic E-state index is 11.6. The van der Waals surface area contributed by atoms with Crippen molar-refractivity contribution in [3.05, 3.63) is 60.4 Å². The van der Waals surface area contributed by atoms with Gasteiger partial charge < -0.3 is 0 Å². The Bertz CT molecular complexity index is 802. The molecule has 0 spiro atoms. The minimum absolute atomic E-state index is 0.208. The SMILES string of the molecule is CCC(=O)CSc1nnc(-c2ccncc2)n1Cc1ccccc1. The summed E-state index contributed by atoms with van der Waals surface area (Å²) in [6, 6.07) is 14.0. The molecule has 3 rings (SSSR count). The van der Waals surface area contributed by atoms with E-state index in [1.165, 1.54) is 11.8 Å². The molecule has 0 atom stereocenters. The summed E-state index contributed by atoms with van der Waals surface area (Å²) in [4.78, 5) is 15.7. The van der Waals surface area contributed by atoms with E-state index in [2.05, 4.69) is 31.9 Å². The second kappa shape index (κ2) is 7.88. The third-order valence-electron chi connectivity index (χ3n) is 3.60. The van der Waals surface area contributed by atoms with Gasteiger partial charge >= 0.3 is 0 Å². The Morgan fingerprint density at radius 2 is 1.83 bits per heavy atom. The summed E-state index contributed by atoms with van der Waals surface area (Å²) in [6.45, 7) is 2.54. The normalized spacial score (nSPS) is 10.7. The van der Waals surface area contributed by atoms with E-state index in [1.807, 2.05) is 37.3 Å². The number of benzene rings is 1. The first-order valence-corrected chi connectivity index (χ1v) is 8.78. The highest BCUT2D eigenvalue weighted by molar-refractivity contribution is 7.99. The maximum atomic E-state index is 11.6. The number of pyridine rings is 1. The number of carbonyl (C=O) groups is 1. The molecule has 24 heavy (non-hydrogen) atoms. The summed E-state index contributed by atoms with van der Waals surface area (Å²) in [5.74, 6) is 1.41. The van der Waals surface area contributed by atoms with E-state index in [0.29, 0.717) is 18.7 Å². The van der Waals surface area contributed by atoms with Gasteiger partial charge in [0.2, 0.25) is 0 Å². The molecular weight excluding hydrogens is 320 g/mol. The highest BCUT2D eigenvalue weighted by atomic mass is 32.2. The summed E-state index contributed by atoms with van der Waals surface area (Å²) >= 11 is 1.44. The van der Waals surface area contributed by atoms with Gasteiger partial charge in [0.05, 0.1) is 12.3 Å². The average molecular weight is 338 g/mol. The van der Waals surface area contributed by atoms with Crippen molar-refractivity contribution >= 4 is 17.5 Å². The summed E-state index contributed by atoms with van der Waals surface area (Å²) in [5.41, 5.74) is 2.12. The summed E-state index contributed by atoms with van der Waals surface area (Å²) in [6.07, 6.45) is 4.02. The fourth-order valence-corrected chi connectivity index (χ4v) is 3.17. The zero-order valence-corrected chi connectivity index (χ0v) is 14.2. The molecule has 122 valence electrons. The molecular formula is C18H18N4OS. The van der Waals surface area contributed by atoms with Crippen molar-refractivity contribution in [1.29, 1.82) is 0 Å². The molecule has 0 N–H and O–H groups in total. The van der Waals surface area contributed by atoms with E-state index < -0.39 is 0 Å². The van der Waals surface area contributed by atoms with Crippen LogP contribution in [-0.2, 0) is 11.3 Å². The Morgan fingerprint density at radius 1 is 1.08 bits per heavy atom. The molecule has 1 aromatic carbocycles. The predicted molar refractivity (Wildman–Crippen MR) is 94.8 cm³/mol. The quantitative estimate of drug-likeness (QED) is 0.617. The van der Waals surface area contributed by atoms with Gasteiger partial charge in [-0.1, -0.05) is 49.0 Å². The Balaban J connectivity index is 1.94. The molecule has 0 aliphatic heterocycles. The minimum atomic E-state index is 0.208. The lowest BCUT2D eigenvalue weighted by Crippen LogP contribution is -2.06. The van der Waals surface area contributed by atoms with Crippen LogP contribution >= 0.6 is 11.8 Å². The molecule has 0 amide bonds. The lowest BCUT2D eigenvalue weighted by Gasteiger charge is -2.10. The second-order valence-corrected chi connectivity index (χ2v) is 6.24. The smallest absolute Gasteiger partial charge is 0.192 e. The van der Waals surface area contributed by atoms with E-state index in [-0.39, 0.29) is 5.78 Å². The lowest BCUT2D eigenvalue weighted by molar-refractivity contribution is -0.116. The van der Waals surface area contributed by atoms with Crippen LogP contribution in [0.4, 0.5) is 0 Å². The van der Waals surface area contributed by atoms with Gasteiger partial charge in [0, 0.05) is 24.4 Å². The van der Waals surface area contributed by atoms with Gasteiger partial charge in [-0.25, -0.2) is 0 Å². The Hall–Kier alpha value is -2.47. The first kappa shape index (κ1) is 16.4. The van der Waals surface area contributed by atoms with Crippen molar-refractivity contribution in [2.24, 2.45) is 0 Å². The molecule has 0 saturated heterocycles. The van der Waals surface area contributed by atoms with Gasteiger partial charge in [0.15, 0.2) is 11.0 Å². The minimum Gasteiger partial charge on any atom is -0.299 e. The summed E-state index contributed by atoms with van der Waals surface area (Å²) in [7, 11) is 0. The number of nitrogens with zero attached hydrogens (tertiary/aromatic N) is 4. The first-order valence-electron chi connectivity index (χ1n) is 7.80. The molecule has 2 heterocycles. The zero-order valence-electron chi connectivity index (χ0n) is 13.4.